The van der Waals surface area contributed by atoms with E-state index in [4.69, 9.17) is 10.5 Å². The lowest BCUT2D eigenvalue weighted by atomic mass is 10.2. The Morgan fingerprint density at radius 2 is 1.83 bits per heavy atom. The Kier molecular flexibility index (Phi) is 5.95. The molecule has 30 heavy (non-hydrogen) atoms. The number of ether oxygens (including phenoxy) is 1. The van der Waals surface area contributed by atoms with E-state index in [0.717, 1.165) is 0 Å². The van der Waals surface area contributed by atoms with Gasteiger partial charge < -0.3 is 20.7 Å². The molecule has 3 rings (SSSR count). The molecule has 0 bridgehead atoms. The summed E-state index contributed by atoms with van der Waals surface area (Å²) < 4.78 is 43.9. The summed E-state index contributed by atoms with van der Waals surface area (Å²) in [5.41, 5.74) is 5.74. The highest BCUT2D eigenvalue weighted by Gasteiger charge is 2.47. The van der Waals surface area contributed by atoms with Gasteiger partial charge in [-0.3, -0.25) is 14.4 Å². The number of anilines is 1. The number of carbonyl (C=O) groups is 3. The van der Waals surface area contributed by atoms with Crippen molar-refractivity contribution in [2.75, 3.05) is 11.9 Å². The number of benzene rings is 2. The lowest BCUT2D eigenvalue weighted by Gasteiger charge is -2.24. The van der Waals surface area contributed by atoms with Crippen LogP contribution in [0.15, 0.2) is 48.5 Å². The minimum absolute atomic E-state index is 0.135. The molecular weight excluding hydrogens is 403 g/mol. The fourth-order valence-corrected chi connectivity index (χ4v) is 3.19. The minimum atomic E-state index is -5.04. The lowest BCUT2D eigenvalue weighted by Crippen LogP contribution is -2.48. The van der Waals surface area contributed by atoms with Crippen LogP contribution in [0.25, 0.3) is 0 Å². The first-order chi connectivity index (χ1) is 14.2. The van der Waals surface area contributed by atoms with Crippen LogP contribution in [0.5, 0.6) is 11.5 Å². The number of nitrogens with two attached hydrogens (primary N) is 1. The Labute approximate surface area is 169 Å². The Morgan fingerprint density at radius 1 is 1.10 bits per heavy atom. The third kappa shape index (κ3) is 4.70. The van der Waals surface area contributed by atoms with Crippen LogP contribution in [-0.4, -0.2) is 41.4 Å². The molecule has 0 radical (unpaired) electrons. The van der Waals surface area contributed by atoms with Crippen molar-refractivity contribution in [3.63, 3.8) is 0 Å². The van der Waals surface area contributed by atoms with Crippen LogP contribution in [0, 0.1) is 0 Å². The second kappa shape index (κ2) is 8.44. The predicted molar refractivity (Wildman–Crippen MR) is 101 cm³/mol. The number of hydrogen-bond donors (Lipinski definition) is 2. The van der Waals surface area contributed by atoms with E-state index in [1.807, 2.05) is 0 Å². The van der Waals surface area contributed by atoms with E-state index in [1.54, 1.807) is 30.3 Å². The van der Waals surface area contributed by atoms with Crippen molar-refractivity contribution in [3.8, 4) is 11.5 Å². The molecule has 0 spiro atoms. The molecular formula is C20H18F3N3O4. The molecule has 0 aromatic heterocycles. The molecule has 2 aromatic rings. The zero-order valence-corrected chi connectivity index (χ0v) is 15.6. The largest absolute Gasteiger partial charge is 0.471 e. The van der Waals surface area contributed by atoms with E-state index in [0.29, 0.717) is 11.3 Å². The summed E-state index contributed by atoms with van der Waals surface area (Å²) in [5, 5.41) is 2.51. The highest BCUT2D eigenvalue weighted by Crippen LogP contribution is 2.29. The summed E-state index contributed by atoms with van der Waals surface area (Å²) in [6, 6.07) is 11.2. The maximum atomic E-state index is 12.7. The van der Waals surface area contributed by atoms with E-state index in [9.17, 15) is 27.6 Å². The minimum Gasteiger partial charge on any atom is -0.456 e. The van der Waals surface area contributed by atoms with Crippen molar-refractivity contribution in [3.05, 3.63) is 54.1 Å². The molecule has 1 aliphatic rings. The summed E-state index contributed by atoms with van der Waals surface area (Å²) in [6.45, 7) is -0.135. The maximum absolute atomic E-state index is 12.7. The summed E-state index contributed by atoms with van der Waals surface area (Å²) in [5.74, 6) is -2.94. The van der Waals surface area contributed by atoms with E-state index in [1.165, 1.54) is 18.2 Å². The van der Waals surface area contributed by atoms with Crippen molar-refractivity contribution in [1.82, 2.24) is 4.90 Å². The van der Waals surface area contributed by atoms with Gasteiger partial charge in [0.15, 0.2) is 0 Å². The predicted octanol–water partition coefficient (Wildman–Crippen LogP) is 3.07. The zero-order chi connectivity index (χ0) is 21.9. The van der Waals surface area contributed by atoms with E-state index in [-0.39, 0.29) is 35.7 Å². The Bertz CT molecular complexity index is 978. The summed E-state index contributed by atoms with van der Waals surface area (Å²) in [4.78, 5) is 36.1. The quantitative estimate of drug-likeness (QED) is 0.775. The first-order valence-corrected chi connectivity index (χ1v) is 9.02. The first-order valence-electron chi connectivity index (χ1n) is 9.02. The van der Waals surface area contributed by atoms with E-state index >= 15 is 0 Å². The number of amides is 3. The van der Waals surface area contributed by atoms with Gasteiger partial charge in [-0.15, -0.1) is 0 Å². The van der Waals surface area contributed by atoms with Gasteiger partial charge in [0.2, 0.25) is 5.91 Å². The third-order valence-corrected chi connectivity index (χ3v) is 4.54. The molecule has 0 saturated carbocycles. The number of para-hydroxylation sites is 1. The van der Waals surface area contributed by atoms with Crippen molar-refractivity contribution in [2.24, 2.45) is 5.73 Å². The average molecular weight is 421 g/mol. The Hall–Kier alpha value is -3.56. The van der Waals surface area contributed by atoms with Crippen LogP contribution in [0.1, 0.15) is 23.2 Å². The number of alkyl halides is 3. The van der Waals surface area contributed by atoms with Gasteiger partial charge in [0, 0.05) is 18.3 Å². The number of carbonyl (C=O) groups excluding carboxylic acids is 3. The second-order valence-corrected chi connectivity index (χ2v) is 6.63. The molecule has 1 unspecified atom stereocenters. The standard InChI is InChI=1S/C20H18F3N3O4/c21-20(22,23)19(29)26-10-4-8-15(26)18(28)25-12-5-3-6-13(11-12)30-16-9-2-1-7-14(16)17(24)27/h1-3,5-7,9,11,15H,4,8,10H2,(H2,24,27)(H,25,28). The van der Waals surface area contributed by atoms with Crippen LogP contribution in [0.4, 0.5) is 18.9 Å². The fourth-order valence-electron chi connectivity index (χ4n) is 3.19. The SMILES string of the molecule is NC(=O)c1ccccc1Oc1cccc(NC(=O)C2CCCN2C(=O)C(F)(F)F)c1. The Balaban J connectivity index is 1.73. The number of halogens is 3. The van der Waals surface area contributed by atoms with Gasteiger partial charge in [0.25, 0.3) is 5.91 Å². The molecule has 2 aromatic carbocycles. The van der Waals surface area contributed by atoms with Crippen LogP contribution in [0.2, 0.25) is 0 Å². The molecule has 1 fully saturated rings. The summed E-state index contributed by atoms with van der Waals surface area (Å²) in [6.07, 6.45) is -4.60. The molecule has 1 saturated heterocycles. The van der Waals surface area contributed by atoms with Crippen molar-refractivity contribution in [1.29, 1.82) is 0 Å². The van der Waals surface area contributed by atoms with Gasteiger partial charge in [-0.25, -0.2) is 0 Å². The summed E-state index contributed by atoms with van der Waals surface area (Å²) >= 11 is 0. The number of likely N-dealkylation sites (tertiary alicyclic amines) is 1. The van der Waals surface area contributed by atoms with Gasteiger partial charge in [-0.05, 0) is 37.1 Å². The van der Waals surface area contributed by atoms with Gasteiger partial charge in [-0.1, -0.05) is 18.2 Å². The summed E-state index contributed by atoms with van der Waals surface area (Å²) in [7, 11) is 0. The normalized spacial score (nSPS) is 16.2. The molecule has 7 nitrogen and oxygen atoms in total. The third-order valence-electron chi connectivity index (χ3n) is 4.54. The highest BCUT2D eigenvalue weighted by atomic mass is 19.4. The molecule has 1 atom stereocenters. The topological polar surface area (TPSA) is 102 Å². The smallest absolute Gasteiger partial charge is 0.456 e. The van der Waals surface area contributed by atoms with Crippen LogP contribution < -0.4 is 15.8 Å². The van der Waals surface area contributed by atoms with Gasteiger partial charge in [-0.2, -0.15) is 13.2 Å². The highest BCUT2D eigenvalue weighted by molar-refractivity contribution is 5.98. The monoisotopic (exact) mass is 421 g/mol. The second-order valence-electron chi connectivity index (χ2n) is 6.63. The van der Waals surface area contributed by atoms with Gasteiger partial charge in [0.05, 0.1) is 5.56 Å². The van der Waals surface area contributed by atoms with Crippen molar-refractivity contribution in [2.45, 2.75) is 25.1 Å². The zero-order valence-electron chi connectivity index (χ0n) is 15.6. The molecule has 1 heterocycles. The van der Waals surface area contributed by atoms with Crippen LogP contribution in [0.3, 0.4) is 0 Å². The molecule has 1 aliphatic heterocycles. The van der Waals surface area contributed by atoms with Crippen molar-refractivity contribution < 1.29 is 32.3 Å². The number of primary amides is 1. The lowest BCUT2D eigenvalue weighted by molar-refractivity contribution is -0.186. The number of nitrogens with zero attached hydrogens (tertiary/aromatic N) is 1. The number of rotatable bonds is 5. The molecule has 10 heteroatoms. The molecule has 0 aliphatic carbocycles. The van der Waals surface area contributed by atoms with Crippen LogP contribution >= 0.6 is 0 Å². The molecule has 158 valence electrons. The maximum Gasteiger partial charge on any atom is 0.471 e. The average Bonchev–Trinajstić information content (AvgIpc) is 3.17. The molecule has 3 N–H and O–H groups in total. The van der Waals surface area contributed by atoms with E-state index in [2.05, 4.69) is 5.32 Å². The fraction of sp³-hybridized carbons (Fsp3) is 0.250. The van der Waals surface area contributed by atoms with Crippen LogP contribution in [-0.2, 0) is 9.59 Å². The Morgan fingerprint density at radius 3 is 2.53 bits per heavy atom. The van der Waals surface area contributed by atoms with Gasteiger partial charge in [0.1, 0.15) is 17.5 Å². The molecule has 3 amide bonds. The first kappa shape index (κ1) is 21.2. The van der Waals surface area contributed by atoms with Crippen molar-refractivity contribution >= 4 is 23.4 Å². The van der Waals surface area contributed by atoms with E-state index < -0.39 is 29.9 Å². The number of nitrogens with one attached hydrogen (secondary N) is 1. The number of hydrogen-bond acceptors (Lipinski definition) is 4. The van der Waals surface area contributed by atoms with Gasteiger partial charge >= 0.3 is 12.1 Å².